The summed E-state index contributed by atoms with van der Waals surface area (Å²) in [7, 11) is 0. The summed E-state index contributed by atoms with van der Waals surface area (Å²) < 4.78 is 9.64. The molecule has 0 atom stereocenters. The van der Waals surface area contributed by atoms with Crippen molar-refractivity contribution < 1.29 is 4.74 Å². The maximum atomic E-state index is 7.10. The predicted molar refractivity (Wildman–Crippen MR) is 221 cm³/mol. The Hall–Kier alpha value is -5.80. The minimum Gasteiger partial charge on any atom is -0.458 e. The van der Waals surface area contributed by atoms with Crippen LogP contribution in [-0.2, 0) is 5.41 Å². The van der Waals surface area contributed by atoms with Gasteiger partial charge in [-0.15, -0.1) is 0 Å². The van der Waals surface area contributed by atoms with E-state index in [2.05, 4.69) is 180 Å². The molecule has 3 heteroatoms. The van der Waals surface area contributed by atoms with Crippen LogP contribution in [0.4, 0.5) is 0 Å². The number of rotatable bonds is 3. The van der Waals surface area contributed by atoms with Crippen LogP contribution in [0.2, 0.25) is 0 Å². The molecule has 1 aromatic heterocycles. The van der Waals surface area contributed by atoms with Gasteiger partial charge in [-0.25, -0.2) is 0 Å². The van der Waals surface area contributed by atoms with Crippen LogP contribution in [0.5, 0.6) is 11.5 Å². The van der Waals surface area contributed by atoms with E-state index in [0.29, 0.717) is 0 Å². The van der Waals surface area contributed by atoms with Crippen molar-refractivity contribution in [1.29, 1.82) is 0 Å². The summed E-state index contributed by atoms with van der Waals surface area (Å²) in [5, 5.41) is 2.55. The van der Waals surface area contributed by atoms with E-state index in [1.807, 2.05) is 0 Å². The molecule has 250 valence electrons. The van der Waals surface area contributed by atoms with Gasteiger partial charge in [-0.3, -0.25) is 0 Å². The third kappa shape index (κ3) is 4.58. The van der Waals surface area contributed by atoms with Crippen molar-refractivity contribution in [2.75, 3.05) is 0 Å². The summed E-state index contributed by atoms with van der Waals surface area (Å²) in [5.74, 6) is 1.90. The van der Waals surface area contributed by atoms with E-state index < -0.39 is 0 Å². The van der Waals surface area contributed by atoms with Crippen LogP contribution in [0, 0.1) is 20.8 Å². The Balaban J connectivity index is 1.35. The van der Waals surface area contributed by atoms with Crippen molar-refractivity contribution in [3.05, 3.63) is 156 Å². The molecule has 0 saturated heterocycles. The second kappa shape index (κ2) is 11.1. The molecule has 0 amide bonds. The fourth-order valence-corrected chi connectivity index (χ4v) is 9.13. The number of aryl methyl sites for hydroxylation is 3. The first kappa shape index (κ1) is 31.0. The summed E-state index contributed by atoms with van der Waals surface area (Å²) in [6, 6.07) is 49.8. The topological polar surface area (TPSA) is 14.2 Å². The second-order valence-electron chi connectivity index (χ2n) is 16.0. The lowest BCUT2D eigenvalue weighted by Gasteiger charge is -2.35. The molecule has 2 aliphatic rings. The minimum absolute atomic E-state index is 0.00224. The fraction of sp³-hybridized carbons (Fsp3) is 0.143. The molecule has 0 aliphatic carbocycles. The van der Waals surface area contributed by atoms with Crippen LogP contribution in [0.1, 0.15) is 43.0 Å². The molecule has 8 aromatic rings. The average Bonchev–Trinajstić information content (AvgIpc) is 3.47. The van der Waals surface area contributed by atoms with Gasteiger partial charge < -0.3 is 9.30 Å². The van der Waals surface area contributed by atoms with E-state index in [1.165, 1.54) is 99.5 Å². The van der Waals surface area contributed by atoms with Gasteiger partial charge in [0.15, 0.2) is 0 Å². The van der Waals surface area contributed by atoms with E-state index in [-0.39, 0.29) is 12.1 Å². The molecule has 2 nitrogen and oxygen atoms in total. The molecule has 0 fully saturated rings. The Kier molecular flexibility index (Phi) is 6.61. The monoisotopic (exact) mass is 669 g/mol. The maximum absolute atomic E-state index is 7.10. The lowest BCUT2D eigenvalue weighted by molar-refractivity contribution is 0.483. The molecule has 0 bridgehead atoms. The van der Waals surface area contributed by atoms with Crippen molar-refractivity contribution in [2.45, 2.75) is 47.0 Å². The summed E-state index contributed by atoms with van der Waals surface area (Å²) in [4.78, 5) is 0. The highest BCUT2D eigenvalue weighted by Crippen LogP contribution is 2.43. The third-order valence-electron chi connectivity index (χ3n) is 11.4. The van der Waals surface area contributed by atoms with Crippen LogP contribution in [0.25, 0.3) is 60.9 Å². The number of aromatic nitrogens is 1. The van der Waals surface area contributed by atoms with Gasteiger partial charge in [0, 0.05) is 22.0 Å². The SMILES string of the molecule is Cc1cc(C)c(-c2cc3c4c(c2)-n2c5ccc(-c6ccccc6)cc5c5cc(-c6ccccc6)cc(c52)B4c2ccc(C(C)(C)C)cc2O3)c(C)c1. The number of hydrogen-bond donors (Lipinski definition) is 0. The standard InChI is InChI=1S/C49H40BNO/c1-29-21-30(2)46(31(3)22-29)36-26-43-47-45(27-36)52-44-28-37(49(4,5)6)18-19-40(44)50(47)41-25-35(33-15-11-8-12-16-33)24-39-38-23-34(32-13-9-7-10-14-32)17-20-42(38)51(43)48(39)41/h7-28H,1-6H3. The van der Waals surface area contributed by atoms with Crippen molar-refractivity contribution >= 4 is 44.9 Å². The van der Waals surface area contributed by atoms with E-state index >= 15 is 0 Å². The minimum atomic E-state index is -0.00224. The quantitative estimate of drug-likeness (QED) is 0.171. The summed E-state index contributed by atoms with van der Waals surface area (Å²) in [5.41, 5.74) is 20.0. The molecule has 0 spiro atoms. The van der Waals surface area contributed by atoms with Crippen LogP contribution >= 0.6 is 0 Å². The predicted octanol–water partition coefficient (Wildman–Crippen LogP) is 10.9. The molecule has 10 rings (SSSR count). The van der Waals surface area contributed by atoms with Crippen molar-refractivity contribution in [2.24, 2.45) is 0 Å². The molecule has 2 aliphatic heterocycles. The van der Waals surface area contributed by atoms with Gasteiger partial charge in [0.05, 0.1) is 5.52 Å². The van der Waals surface area contributed by atoms with Gasteiger partial charge in [0.25, 0.3) is 6.71 Å². The van der Waals surface area contributed by atoms with Gasteiger partial charge in [-0.05, 0) is 129 Å². The highest BCUT2D eigenvalue weighted by Gasteiger charge is 2.41. The smallest absolute Gasteiger partial charge is 0.256 e. The lowest BCUT2D eigenvalue weighted by Crippen LogP contribution is -2.58. The Morgan fingerprint density at radius 2 is 1.21 bits per heavy atom. The molecule has 7 aromatic carbocycles. The number of benzene rings is 7. The number of hydrogen-bond acceptors (Lipinski definition) is 1. The first-order chi connectivity index (χ1) is 25.1. The molecular formula is C49H40BNO. The number of nitrogens with zero attached hydrogens (tertiary/aromatic N) is 1. The number of fused-ring (bicyclic) bond motifs is 7. The Morgan fingerprint density at radius 3 is 1.90 bits per heavy atom. The maximum Gasteiger partial charge on any atom is 0.256 e. The normalized spacial score (nSPS) is 12.9. The highest BCUT2D eigenvalue weighted by atomic mass is 16.5. The molecule has 3 heterocycles. The first-order valence-corrected chi connectivity index (χ1v) is 18.5. The highest BCUT2D eigenvalue weighted by molar-refractivity contribution is 6.99. The summed E-state index contributed by atoms with van der Waals surface area (Å²) in [6.07, 6.45) is 0. The zero-order valence-electron chi connectivity index (χ0n) is 30.6. The zero-order chi connectivity index (χ0) is 35.5. The molecule has 0 unspecified atom stereocenters. The van der Waals surface area contributed by atoms with E-state index in [4.69, 9.17) is 4.74 Å². The van der Waals surface area contributed by atoms with Crippen molar-refractivity contribution in [3.63, 3.8) is 0 Å². The largest absolute Gasteiger partial charge is 0.458 e. The Labute approximate surface area is 306 Å². The van der Waals surface area contributed by atoms with Crippen molar-refractivity contribution in [3.8, 4) is 50.6 Å². The summed E-state index contributed by atoms with van der Waals surface area (Å²) >= 11 is 0. The van der Waals surface area contributed by atoms with Crippen LogP contribution in [-0.4, -0.2) is 11.3 Å². The molecular weight excluding hydrogens is 629 g/mol. The summed E-state index contributed by atoms with van der Waals surface area (Å²) in [6.45, 7) is 13.5. The molecule has 0 radical (unpaired) electrons. The number of ether oxygens (including phenoxy) is 1. The van der Waals surface area contributed by atoms with Gasteiger partial charge in [-0.2, -0.15) is 0 Å². The molecule has 0 N–H and O–H groups in total. The van der Waals surface area contributed by atoms with E-state index in [9.17, 15) is 0 Å². The molecule has 0 saturated carbocycles. The van der Waals surface area contributed by atoms with E-state index in [0.717, 1.165) is 11.5 Å². The first-order valence-electron chi connectivity index (χ1n) is 18.5. The lowest BCUT2D eigenvalue weighted by atomic mass is 9.34. The second-order valence-corrected chi connectivity index (χ2v) is 16.0. The molecule has 52 heavy (non-hydrogen) atoms. The Morgan fingerprint density at radius 1 is 0.538 bits per heavy atom. The van der Waals surface area contributed by atoms with Crippen LogP contribution in [0.3, 0.4) is 0 Å². The van der Waals surface area contributed by atoms with Gasteiger partial charge >= 0.3 is 0 Å². The third-order valence-corrected chi connectivity index (χ3v) is 11.4. The Bertz CT molecular complexity index is 2740. The average molecular weight is 670 g/mol. The van der Waals surface area contributed by atoms with Crippen molar-refractivity contribution in [1.82, 2.24) is 4.57 Å². The van der Waals surface area contributed by atoms with Crippen LogP contribution in [0.15, 0.2) is 133 Å². The van der Waals surface area contributed by atoms with Gasteiger partial charge in [-0.1, -0.05) is 123 Å². The fourth-order valence-electron chi connectivity index (χ4n) is 9.13. The van der Waals surface area contributed by atoms with Crippen LogP contribution < -0.4 is 21.1 Å². The van der Waals surface area contributed by atoms with Gasteiger partial charge in [0.1, 0.15) is 11.5 Å². The zero-order valence-corrected chi connectivity index (χ0v) is 30.6. The van der Waals surface area contributed by atoms with Gasteiger partial charge in [0.2, 0.25) is 0 Å². The van der Waals surface area contributed by atoms with E-state index in [1.54, 1.807) is 0 Å².